The fraction of sp³-hybridized carbons (Fsp3) is 0.357. The van der Waals surface area contributed by atoms with Crippen molar-refractivity contribution < 1.29 is 9.53 Å². The van der Waals surface area contributed by atoms with E-state index in [1.807, 2.05) is 26.2 Å². The standard InChI is InChI=1S/C28H32N6O2/c1-20-7-9-23(16-30-20)33(2)27(35)32-26-18-29-17-24(31-26)21-8-10-25-22(15-21)11-14-34(25)19-28(36-3)12-5-4-6-13-28/h7-11,14-18H,4-6,12-13,19H2,1-3H3,(H,31,32,35). The van der Waals surface area contributed by atoms with Gasteiger partial charge in [0, 0.05) is 42.5 Å². The summed E-state index contributed by atoms with van der Waals surface area (Å²) < 4.78 is 8.31. The monoisotopic (exact) mass is 484 g/mol. The van der Waals surface area contributed by atoms with Crippen molar-refractivity contribution in [3.63, 3.8) is 0 Å². The van der Waals surface area contributed by atoms with Crippen LogP contribution in [0, 0.1) is 6.92 Å². The molecule has 3 heterocycles. The topological polar surface area (TPSA) is 85.2 Å². The number of hydrogen-bond donors (Lipinski definition) is 1. The number of pyridine rings is 1. The van der Waals surface area contributed by atoms with Gasteiger partial charge >= 0.3 is 6.03 Å². The van der Waals surface area contributed by atoms with Crippen molar-refractivity contribution in [2.24, 2.45) is 0 Å². The Balaban J connectivity index is 1.33. The van der Waals surface area contributed by atoms with E-state index in [2.05, 4.69) is 55.3 Å². The molecular formula is C28H32N6O2. The lowest BCUT2D eigenvalue weighted by atomic mass is 9.84. The van der Waals surface area contributed by atoms with Gasteiger partial charge in [0.2, 0.25) is 0 Å². The van der Waals surface area contributed by atoms with Crippen LogP contribution in [0.15, 0.2) is 61.2 Å². The van der Waals surface area contributed by atoms with E-state index < -0.39 is 0 Å². The predicted octanol–water partition coefficient (Wildman–Crippen LogP) is 5.82. The third kappa shape index (κ3) is 4.95. The SMILES string of the molecule is COC1(Cn2ccc3cc(-c4cncc(NC(=O)N(C)c5ccc(C)nc5)n4)ccc32)CCCCC1. The summed E-state index contributed by atoms with van der Waals surface area (Å²) >= 11 is 0. The first-order chi connectivity index (χ1) is 17.5. The van der Waals surface area contributed by atoms with Gasteiger partial charge < -0.3 is 9.30 Å². The Morgan fingerprint density at radius 3 is 2.69 bits per heavy atom. The van der Waals surface area contributed by atoms with Crippen LogP contribution >= 0.6 is 0 Å². The van der Waals surface area contributed by atoms with Crippen LogP contribution in [-0.2, 0) is 11.3 Å². The van der Waals surface area contributed by atoms with Gasteiger partial charge in [-0.2, -0.15) is 0 Å². The van der Waals surface area contributed by atoms with Crippen LogP contribution in [0.5, 0.6) is 0 Å². The number of carbonyl (C=O) groups excluding carboxylic acids is 1. The highest BCUT2D eigenvalue weighted by atomic mass is 16.5. The fourth-order valence-electron chi connectivity index (χ4n) is 4.97. The molecule has 1 saturated carbocycles. The number of amides is 2. The molecule has 0 atom stereocenters. The normalized spacial score (nSPS) is 15.1. The molecule has 8 nitrogen and oxygen atoms in total. The first-order valence-electron chi connectivity index (χ1n) is 12.4. The maximum Gasteiger partial charge on any atom is 0.327 e. The van der Waals surface area contributed by atoms with Crippen molar-refractivity contribution in [1.29, 1.82) is 0 Å². The number of methoxy groups -OCH3 is 1. The quantitative estimate of drug-likeness (QED) is 0.373. The molecule has 0 aliphatic heterocycles. The van der Waals surface area contributed by atoms with Gasteiger partial charge in [0.15, 0.2) is 5.82 Å². The molecule has 2 amide bonds. The van der Waals surface area contributed by atoms with Crippen LogP contribution in [0.3, 0.4) is 0 Å². The Hall–Kier alpha value is -3.78. The zero-order valence-corrected chi connectivity index (χ0v) is 21.1. The van der Waals surface area contributed by atoms with E-state index in [9.17, 15) is 4.79 Å². The van der Waals surface area contributed by atoms with Crippen LogP contribution in [-0.4, -0.2) is 45.3 Å². The molecule has 5 rings (SSSR count). The second kappa shape index (κ2) is 10.1. The van der Waals surface area contributed by atoms with Gasteiger partial charge in [-0.15, -0.1) is 0 Å². The van der Waals surface area contributed by atoms with Gasteiger partial charge in [-0.1, -0.05) is 25.3 Å². The van der Waals surface area contributed by atoms with Crippen molar-refractivity contribution >= 4 is 28.4 Å². The fourth-order valence-corrected chi connectivity index (χ4v) is 4.97. The summed E-state index contributed by atoms with van der Waals surface area (Å²) in [5, 5.41) is 3.97. The third-order valence-corrected chi connectivity index (χ3v) is 7.18. The number of benzene rings is 1. The second-order valence-electron chi connectivity index (χ2n) is 9.60. The Labute approximate surface area is 211 Å². The molecule has 1 N–H and O–H groups in total. The number of nitrogens with one attached hydrogen (secondary N) is 1. The highest BCUT2D eigenvalue weighted by Gasteiger charge is 2.32. The number of carbonyl (C=O) groups is 1. The van der Waals surface area contributed by atoms with Crippen molar-refractivity contribution in [2.75, 3.05) is 24.4 Å². The molecule has 4 aromatic rings. The predicted molar refractivity (Wildman–Crippen MR) is 142 cm³/mol. The minimum Gasteiger partial charge on any atom is -0.376 e. The van der Waals surface area contributed by atoms with E-state index in [1.54, 1.807) is 25.6 Å². The van der Waals surface area contributed by atoms with Crippen LogP contribution < -0.4 is 10.2 Å². The molecule has 1 aromatic carbocycles. The minimum atomic E-state index is -0.311. The molecule has 186 valence electrons. The number of fused-ring (bicyclic) bond motifs is 1. The van der Waals surface area contributed by atoms with E-state index in [1.165, 1.54) is 29.7 Å². The molecule has 3 aromatic heterocycles. The average Bonchev–Trinajstić information content (AvgIpc) is 3.31. The molecular weight excluding hydrogens is 452 g/mol. The number of aryl methyl sites for hydroxylation is 1. The van der Waals surface area contributed by atoms with Crippen LogP contribution in [0.1, 0.15) is 37.8 Å². The molecule has 0 radical (unpaired) electrons. The average molecular weight is 485 g/mol. The maximum absolute atomic E-state index is 12.7. The number of rotatable bonds is 6. The molecule has 1 fully saturated rings. The minimum absolute atomic E-state index is 0.0807. The Morgan fingerprint density at radius 2 is 1.94 bits per heavy atom. The van der Waals surface area contributed by atoms with Crippen molar-refractivity contribution in [3.8, 4) is 11.3 Å². The van der Waals surface area contributed by atoms with Crippen molar-refractivity contribution in [2.45, 2.75) is 51.2 Å². The van der Waals surface area contributed by atoms with Gasteiger partial charge in [0.1, 0.15) is 0 Å². The number of ether oxygens (including phenoxy) is 1. The summed E-state index contributed by atoms with van der Waals surface area (Å²) in [6.45, 7) is 2.77. The van der Waals surface area contributed by atoms with E-state index in [-0.39, 0.29) is 11.6 Å². The largest absolute Gasteiger partial charge is 0.376 e. The lowest BCUT2D eigenvalue weighted by molar-refractivity contribution is -0.0510. The summed E-state index contributed by atoms with van der Waals surface area (Å²) in [6.07, 6.45) is 13.0. The van der Waals surface area contributed by atoms with Gasteiger partial charge in [-0.25, -0.2) is 9.78 Å². The Morgan fingerprint density at radius 1 is 1.11 bits per heavy atom. The van der Waals surface area contributed by atoms with Crippen molar-refractivity contribution in [3.05, 3.63) is 66.9 Å². The number of anilines is 2. The van der Waals surface area contributed by atoms with Gasteiger partial charge in [-0.3, -0.25) is 20.2 Å². The van der Waals surface area contributed by atoms with Crippen LogP contribution in [0.2, 0.25) is 0 Å². The van der Waals surface area contributed by atoms with Crippen LogP contribution in [0.4, 0.5) is 16.3 Å². The van der Waals surface area contributed by atoms with E-state index in [0.29, 0.717) is 17.2 Å². The molecule has 1 aliphatic carbocycles. The maximum atomic E-state index is 12.7. The molecule has 0 spiro atoms. The molecule has 1 aliphatic rings. The van der Waals surface area contributed by atoms with E-state index in [0.717, 1.165) is 36.0 Å². The molecule has 0 bridgehead atoms. The Kier molecular flexibility index (Phi) is 6.69. The summed E-state index contributed by atoms with van der Waals surface area (Å²) in [5.41, 5.74) is 4.32. The lowest BCUT2D eigenvalue weighted by Crippen LogP contribution is -2.38. The smallest absolute Gasteiger partial charge is 0.327 e. The zero-order chi connectivity index (χ0) is 25.1. The van der Waals surface area contributed by atoms with Gasteiger partial charge in [0.05, 0.1) is 42.1 Å². The summed E-state index contributed by atoms with van der Waals surface area (Å²) in [5.74, 6) is 0.390. The van der Waals surface area contributed by atoms with Gasteiger partial charge in [-0.05, 0) is 50.1 Å². The number of nitrogens with zero attached hydrogens (tertiary/aromatic N) is 5. The third-order valence-electron chi connectivity index (χ3n) is 7.18. The molecule has 0 saturated heterocycles. The number of urea groups is 1. The number of hydrogen-bond acceptors (Lipinski definition) is 5. The second-order valence-corrected chi connectivity index (χ2v) is 9.60. The molecule has 0 unspecified atom stereocenters. The first-order valence-corrected chi connectivity index (χ1v) is 12.4. The first kappa shape index (κ1) is 23.9. The van der Waals surface area contributed by atoms with E-state index in [4.69, 9.17) is 4.74 Å². The summed E-state index contributed by atoms with van der Waals surface area (Å²) in [6, 6.07) is 11.8. The zero-order valence-electron chi connectivity index (χ0n) is 21.1. The van der Waals surface area contributed by atoms with E-state index >= 15 is 0 Å². The number of aromatic nitrogens is 4. The highest BCUT2D eigenvalue weighted by Crippen LogP contribution is 2.34. The molecule has 36 heavy (non-hydrogen) atoms. The lowest BCUT2D eigenvalue weighted by Gasteiger charge is -2.36. The highest BCUT2D eigenvalue weighted by molar-refractivity contribution is 6.00. The summed E-state index contributed by atoms with van der Waals surface area (Å²) in [7, 11) is 3.54. The van der Waals surface area contributed by atoms with Gasteiger partial charge in [0.25, 0.3) is 0 Å². The summed E-state index contributed by atoms with van der Waals surface area (Å²) in [4.78, 5) is 27.4. The Bertz CT molecular complexity index is 1360. The van der Waals surface area contributed by atoms with Crippen molar-refractivity contribution in [1.82, 2.24) is 19.5 Å². The van der Waals surface area contributed by atoms with Crippen LogP contribution in [0.25, 0.3) is 22.2 Å². The molecule has 8 heteroatoms.